The van der Waals surface area contributed by atoms with Gasteiger partial charge >= 0.3 is 0 Å². The third kappa shape index (κ3) is 3.48. The zero-order valence-corrected chi connectivity index (χ0v) is 12.7. The van der Waals surface area contributed by atoms with Crippen molar-refractivity contribution in [3.8, 4) is 0 Å². The number of fused-ring (bicyclic) bond motifs is 1. The molecule has 4 heteroatoms. The number of hydrogen-bond acceptors (Lipinski definition) is 2. The smallest absolute Gasteiger partial charge is 0.193 e. The van der Waals surface area contributed by atoms with Gasteiger partial charge in [-0.25, -0.2) is 0 Å². The van der Waals surface area contributed by atoms with Crippen molar-refractivity contribution in [1.29, 1.82) is 0 Å². The Hall–Kier alpha value is -1.16. The van der Waals surface area contributed by atoms with Crippen molar-refractivity contribution in [2.75, 3.05) is 23.4 Å². The molecule has 20 heavy (non-hydrogen) atoms. The Bertz CT molecular complexity index is 492. The van der Waals surface area contributed by atoms with Crippen LogP contribution in [0.3, 0.4) is 0 Å². The second-order valence-corrected chi connectivity index (χ2v) is 6.92. The molecule has 2 aliphatic rings. The summed E-state index contributed by atoms with van der Waals surface area (Å²) in [4.78, 5) is 4.51. The second kappa shape index (κ2) is 6.53. The molecule has 3 N–H and O–H groups in total. The summed E-state index contributed by atoms with van der Waals surface area (Å²) in [5, 5.41) is 3.23. The van der Waals surface area contributed by atoms with Crippen molar-refractivity contribution in [3.63, 3.8) is 0 Å². The summed E-state index contributed by atoms with van der Waals surface area (Å²) in [5.41, 5.74) is 10.0. The first kappa shape index (κ1) is 13.8. The van der Waals surface area contributed by atoms with E-state index >= 15 is 0 Å². The molecule has 1 saturated heterocycles. The molecular formula is C16H23N3S. The minimum absolute atomic E-state index is 0.554. The number of rotatable bonds is 3. The molecule has 0 aromatic heterocycles. The maximum Gasteiger partial charge on any atom is 0.193 e. The third-order valence-electron chi connectivity index (χ3n) is 4.15. The first-order valence-corrected chi connectivity index (χ1v) is 8.73. The van der Waals surface area contributed by atoms with Gasteiger partial charge in [0.25, 0.3) is 0 Å². The topological polar surface area (TPSA) is 50.4 Å². The van der Waals surface area contributed by atoms with Crippen LogP contribution in [-0.2, 0) is 12.8 Å². The maximum absolute atomic E-state index is 6.00. The molecule has 0 bridgehead atoms. The van der Waals surface area contributed by atoms with E-state index in [0.717, 1.165) is 12.2 Å². The van der Waals surface area contributed by atoms with E-state index in [9.17, 15) is 0 Å². The second-order valence-electron chi connectivity index (χ2n) is 5.77. The number of anilines is 1. The van der Waals surface area contributed by atoms with Gasteiger partial charge in [0.15, 0.2) is 5.96 Å². The summed E-state index contributed by atoms with van der Waals surface area (Å²) in [6.07, 6.45) is 6.31. The van der Waals surface area contributed by atoms with E-state index in [1.165, 1.54) is 54.7 Å². The molecule has 1 unspecified atom stereocenters. The van der Waals surface area contributed by atoms with E-state index in [2.05, 4.69) is 28.5 Å². The van der Waals surface area contributed by atoms with Gasteiger partial charge in [0.2, 0.25) is 0 Å². The van der Waals surface area contributed by atoms with E-state index in [1.54, 1.807) is 0 Å². The average Bonchev–Trinajstić information content (AvgIpc) is 2.94. The van der Waals surface area contributed by atoms with Crippen LogP contribution in [0.4, 0.5) is 5.69 Å². The van der Waals surface area contributed by atoms with Gasteiger partial charge in [-0.2, -0.15) is 11.8 Å². The van der Waals surface area contributed by atoms with Gasteiger partial charge in [-0.05, 0) is 72.8 Å². The third-order valence-corrected chi connectivity index (χ3v) is 5.43. The van der Waals surface area contributed by atoms with Crippen LogP contribution >= 0.6 is 11.8 Å². The first-order valence-electron chi connectivity index (χ1n) is 7.58. The number of guanidine groups is 1. The van der Waals surface area contributed by atoms with E-state index < -0.39 is 0 Å². The molecule has 1 aromatic carbocycles. The predicted molar refractivity (Wildman–Crippen MR) is 88.6 cm³/mol. The van der Waals surface area contributed by atoms with Gasteiger partial charge in [0, 0.05) is 12.2 Å². The van der Waals surface area contributed by atoms with Crippen LogP contribution in [0.1, 0.15) is 30.4 Å². The quantitative estimate of drug-likeness (QED) is 0.664. The van der Waals surface area contributed by atoms with Gasteiger partial charge < -0.3 is 11.1 Å². The molecule has 1 aliphatic carbocycles. The molecule has 0 saturated carbocycles. The van der Waals surface area contributed by atoms with Crippen LogP contribution in [0.15, 0.2) is 23.2 Å². The fraction of sp³-hybridized carbons (Fsp3) is 0.562. The normalized spacial score (nSPS) is 22.6. The lowest BCUT2D eigenvalue weighted by molar-refractivity contribution is 0.535. The molecule has 108 valence electrons. The molecule has 1 aromatic rings. The Morgan fingerprint density at radius 2 is 2.20 bits per heavy atom. The maximum atomic E-state index is 6.00. The van der Waals surface area contributed by atoms with Crippen LogP contribution in [-0.4, -0.2) is 24.0 Å². The number of aliphatic imine (C=N–C) groups is 1. The summed E-state index contributed by atoms with van der Waals surface area (Å²) in [7, 11) is 0. The molecule has 1 heterocycles. The lowest BCUT2D eigenvalue weighted by atomic mass is 10.1. The number of hydrogen-bond donors (Lipinski definition) is 2. The van der Waals surface area contributed by atoms with Crippen molar-refractivity contribution in [1.82, 2.24) is 0 Å². The summed E-state index contributed by atoms with van der Waals surface area (Å²) in [5.74, 6) is 3.80. The van der Waals surface area contributed by atoms with Gasteiger partial charge in [0.05, 0.1) is 0 Å². The molecule has 1 atom stereocenters. The van der Waals surface area contributed by atoms with Crippen LogP contribution in [0, 0.1) is 5.92 Å². The molecule has 0 spiro atoms. The number of thioether (sulfide) groups is 1. The van der Waals surface area contributed by atoms with Gasteiger partial charge in [-0.3, -0.25) is 4.99 Å². The standard InChI is InChI=1S/C16H23N3S/c17-16(18-10-12-3-2-8-20-11-12)19-15-7-6-13-4-1-5-14(13)9-15/h6-7,9,12H,1-5,8,10-11H2,(H3,17,18,19). The Morgan fingerprint density at radius 1 is 1.30 bits per heavy atom. The molecule has 0 radical (unpaired) electrons. The van der Waals surface area contributed by atoms with E-state index in [1.807, 2.05) is 11.8 Å². The van der Waals surface area contributed by atoms with E-state index in [4.69, 9.17) is 5.73 Å². The molecular weight excluding hydrogens is 266 g/mol. The van der Waals surface area contributed by atoms with E-state index in [0.29, 0.717) is 11.9 Å². The number of nitrogens with two attached hydrogens (primary N) is 1. The minimum atomic E-state index is 0.554. The zero-order chi connectivity index (χ0) is 13.8. The highest BCUT2D eigenvalue weighted by atomic mass is 32.2. The Kier molecular flexibility index (Phi) is 4.51. The van der Waals surface area contributed by atoms with Crippen LogP contribution < -0.4 is 11.1 Å². The lowest BCUT2D eigenvalue weighted by Gasteiger charge is -2.19. The first-order chi connectivity index (χ1) is 9.81. The molecule has 1 fully saturated rings. The van der Waals surface area contributed by atoms with E-state index in [-0.39, 0.29) is 0 Å². The highest BCUT2D eigenvalue weighted by Gasteiger charge is 2.13. The molecule has 3 nitrogen and oxygen atoms in total. The van der Waals surface area contributed by atoms with Gasteiger partial charge in [0.1, 0.15) is 0 Å². The summed E-state index contributed by atoms with van der Waals surface area (Å²) in [6, 6.07) is 6.56. The number of benzene rings is 1. The van der Waals surface area contributed by atoms with Gasteiger partial charge in [-0.15, -0.1) is 0 Å². The average molecular weight is 289 g/mol. The Balaban J connectivity index is 1.56. The van der Waals surface area contributed by atoms with Crippen molar-refractivity contribution < 1.29 is 0 Å². The monoisotopic (exact) mass is 289 g/mol. The highest BCUT2D eigenvalue weighted by molar-refractivity contribution is 7.99. The number of aryl methyl sites for hydroxylation is 2. The van der Waals surface area contributed by atoms with Crippen molar-refractivity contribution >= 4 is 23.4 Å². The largest absolute Gasteiger partial charge is 0.370 e. The van der Waals surface area contributed by atoms with Crippen LogP contribution in [0.25, 0.3) is 0 Å². The van der Waals surface area contributed by atoms with Crippen LogP contribution in [0.2, 0.25) is 0 Å². The highest BCUT2D eigenvalue weighted by Crippen LogP contribution is 2.25. The van der Waals surface area contributed by atoms with Crippen LogP contribution in [0.5, 0.6) is 0 Å². The lowest BCUT2D eigenvalue weighted by Crippen LogP contribution is -2.24. The SMILES string of the molecule is NC(=NCC1CCCSC1)Nc1ccc2c(c1)CCC2. The van der Waals surface area contributed by atoms with Gasteiger partial charge in [-0.1, -0.05) is 6.07 Å². The fourth-order valence-electron chi connectivity index (χ4n) is 3.02. The Labute approximate surface area is 125 Å². The minimum Gasteiger partial charge on any atom is -0.370 e. The zero-order valence-electron chi connectivity index (χ0n) is 11.9. The fourth-order valence-corrected chi connectivity index (χ4v) is 4.16. The predicted octanol–water partition coefficient (Wildman–Crippen LogP) is 3.05. The Morgan fingerprint density at radius 3 is 3.05 bits per heavy atom. The van der Waals surface area contributed by atoms with Crippen molar-refractivity contribution in [2.24, 2.45) is 16.6 Å². The molecule has 1 aliphatic heterocycles. The molecule has 3 rings (SSSR count). The number of nitrogens with zero attached hydrogens (tertiary/aromatic N) is 1. The molecule has 0 amide bonds. The van der Waals surface area contributed by atoms with Crippen molar-refractivity contribution in [3.05, 3.63) is 29.3 Å². The van der Waals surface area contributed by atoms with Crippen molar-refractivity contribution in [2.45, 2.75) is 32.1 Å². The summed E-state index contributed by atoms with van der Waals surface area (Å²) >= 11 is 2.04. The summed E-state index contributed by atoms with van der Waals surface area (Å²) < 4.78 is 0. The number of nitrogens with one attached hydrogen (secondary N) is 1. The summed E-state index contributed by atoms with van der Waals surface area (Å²) in [6.45, 7) is 0.858.